The van der Waals surface area contributed by atoms with Crippen LogP contribution < -0.4 is 30.1 Å². The van der Waals surface area contributed by atoms with Gasteiger partial charge in [0.1, 0.15) is 39.1 Å². The van der Waals surface area contributed by atoms with E-state index in [-0.39, 0.29) is 56.2 Å². The number of pyridine rings is 1. The number of nitrogens with one attached hydrogen (secondary N) is 4. The molecule has 2 saturated heterocycles. The number of H-pyrrole nitrogens is 2. The lowest BCUT2D eigenvalue weighted by Crippen LogP contribution is -2.60. The van der Waals surface area contributed by atoms with Gasteiger partial charge in [-0.3, -0.25) is 14.6 Å². The highest BCUT2D eigenvalue weighted by molar-refractivity contribution is 7.90. The van der Waals surface area contributed by atoms with Gasteiger partial charge in [-0.1, -0.05) is 50.2 Å². The number of sulfonamides is 1. The summed E-state index contributed by atoms with van der Waals surface area (Å²) in [6.45, 7) is 11.9. The molecule has 4 aromatic carbocycles. The Hall–Kier alpha value is -6.73. The first-order valence-electron chi connectivity index (χ1n) is 26.7. The second-order valence-electron chi connectivity index (χ2n) is 22.4. The van der Waals surface area contributed by atoms with Crippen LogP contribution in [0.5, 0.6) is 17.2 Å². The number of hydrogen-bond donors (Lipinski definition) is 6. The number of aromatic nitrogens is 4. The van der Waals surface area contributed by atoms with E-state index >= 15 is 4.39 Å². The number of hydrogen-bond acceptors (Lipinski definition) is 13. The van der Waals surface area contributed by atoms with Gasteiger partial charge in [0.05, 0.1) is 53.4 Å². The van der Waals surface area contributed by atoms with Gasteiger partial charge in [0.25, 0.3) is 15.9 Å². The Kier molecular flexibility index (Phi) is 14.0. The molecule has 2 saturated carbocycles. The van der Waals surface area contributed by atoms with E-state index in [9.17, 15) is 18.3 Å². The molecule has 7 aromatic rings. The molecule has 4 fully saturated rings. The maximum absolute atomic E-state index is 16.7. The summed E-state index contributed by atoms with van der Waals surface area (Å²) in [6.07, 6.45) is 11.5. The predicted molar refractivity (Wildman–Crippen MR) is 294 cm³/mol. The molecule has 2 aliphatic carbocycles. The summed E-state index contributed by atoms with van der Waals surface area (Å²) in [5, 5.41) is 14.6. The van der Waals surface area contributed by atoms with Crippen molar-refractivity contribution in [1.82, 2.24) is 34.5 Å². The number of rotatable bonds is 15. The topological polar surface area (TPSA) is 207 Å². The van der Waals surface area contributed by atoms with E-state index in [2.05, 4.69) is 90.0 Å². The van der Waals surface area contributed by atoms with Crippen molar-refractivity contribution in [3.05, 3.63) is 126 Å². The van der Waals surface area contributed by atoms with E-state index in [1.54, 1.807) is 19.4 Å². The Balaban J connectivity index is 0.804. The third kappa shape index (κ3) is 10.4. The van der Waals surface area contributed by atoms with E-state index < -0.39 is 27.3 Å². The fourth-order valence-corrected chi connectivity index (χ4v) is 13.6. The number of aromatic amines is 2. The third-order valence-corrected chi connectivity index (χ3v) is 18.2. The van der Waals surface area contributed by atoms with Gasteiger partial charge in [-0.05, 0) is 129 Å². The van der Waals surface area contributed by atoms with Crippen molar-refractivity contribution in [2.45, 2.75) is 107 Å². The van der Waals surface area contributed by atoms with E-state index in [0.717, 1.165) is 81.9 Å². The maximum atomic E-state index is 16.7. The highest BCUT2D eigenvalue weighted by Crippen LogP contribution is 2.54. The Morgan fingerprint density at radius 3 is 2.46 bits per heavy atom. The standard InChI is InChI=1S/C58H69FN10O6S/c1-36(2)43-7-5-6-8-44(43)49-34-67(33-38-9-11-41(74-4)12-10-38)23-24-69(49)40-29-58(30-40)18-21-68(22-19-58)48-28-50(75-42-25-39-15-20-61-55(39)63-32-42)45(26-46(48)59)56(70)66-76(72,73)51-27-47(60)52(54-53(51)64-35-65-54)62-31-37-13-16-57(3,71)17-14-37/h5-12,15,20,25-28,32,35-37,40,49,62,71H,13-14,16-19,21-24,29-31,33-34,60H2,1-4H3,(H,61,63)(H,64,65)(H,66,70)/t37-,49-,57-/m0/s1. The summed E-state index contributed by atoms with van der Waals surface area (Å²) in [7, 11) is -2.95. The zero-order valence-corrected chi connectivity index (χ0v) is 44.6. The van der Waals surface area contributed by atoms with E-state index in [1.807, 2.05) is 30.0 Å². The number of methoxy groups -OCH3 is 1. The summed E-state index contributed by atoms with van der Waals surface area (Å²) in [5.41, 5.74) is 11.7. The van der Waals surface area contributed by atoms with Crippen LogP contribution in [0.1, 0.15) is 111 Å². The van der Waals surface area contributed by atoms with Crippen LogP contribution in [-0.4, -0.2) is 107 Å². The average Bonchev–Trinajstić information content (AvgIpc) is 4.12. The molecule has 0 unspecified atom stereocenters. The molecule has 0 bridgehead atoms. The zero-order chi connectivity index (χ0) is 52.9. The fourth-order valence-electron chi connectivity index (χ4n) is 12.5. The van der Waals surface area contributed by atoms with Crippen LogP contribution in [0.3, 0.4) is 0 Å². The second-order valence-corrected chi connectivity index (χ2v) is 24.0. The highest BCUT2D eigenvalue weighted by Gasteiger charge is 2.50. The molecule has 0 radical (unpaired) electrons. The minimum absolute atomic E-state index is 0.0307. The summed E-state index contributed by atoms with van der Waals surface area (Å²) < 4.78 is 59.2. The van der Waals surface area contributed by atoms with Crippen molar-refractivity contribution in [1.29, 1.82) is 0 Å². The van der Waals surface area contributed by atoms with E-state index in [1.165, 1.54) is 41.3 Å². The molecular formula is C58H69FN10O6S. The molecule has 76 heavy (non-hydrogen) atoms. The van der Waals surface area contributed by atoms with Gasteiger partial charge in [0.15, 0.2) is 0 Å². The van der Waals surface area contributed by atoms with Crippen LogP contribution in [-0.2, 0) is 16.6 Å². The molecule has 16 nitrogen and oxygen atoms in total. The average molecular weight is 1050 g/mol. The number of carbonyl (C=O) groups excluding carboxylic acids is 1. The van der Waals surface area contributed by atoms with E-state index in [0.29, 0.717) is 61.3 Å². The maximum Gasteiger partial charge on any atom is 0.268 e. The number of fused-ring (bicyclic) bond motifs is 2. The van der Waals surface area contributed by atoms with Crippen LogP contribution in [0.25, 0.3) is 22.1 Å². The lowest BCUT2D eigenvalue weighted by Gasteiger charge is -2.58. The molecule has 3 aromatic heterocycles. The lowest BCUT2D eigenvalue weighted by atomic mass is 9.59. The normalized spacial score (nSPS) is 21.5. The predicted octanol–water partition coefficient (Wildman–Crippen LogP) is 9.86. The summed E-state index contributed by atoms with van der Waals surface area (Å²) in [6, 6.07) is 25.4. The number of imidazole rings is 1. The molecule has 18 heteroatoms. The van der Waals surface area contributed by atoms with Crippen LogP contribution >= 0.6 is 0 Å². The van der Waals surface area contributed by atoms with Crippen LogP contribution in [0, 0.1) is 17.2 Å². The molecule has 1 spiro atoms. The monoisotopic (exact) mass is 1050 g/mol. The number of nitrogens with zero attached hydrogens (tertiary/aromatic N) is 5. The molecule has 7 N–H and O–H groups in total. The largest absolute Gasteiger partial charge is 0.497 e. The molecule has 4 aliphatic rings. The number of amides is 1. The number of halogens is 1. The number of ether oxygens (including phenoxy) is 2. The van der Waals surface area contributed by atoms with Gasteiger partial charge >= 0.3 is 0 Å². The summed E-state index contributed by atoms with van der Waals surface area (Å²) in [5.74, 6) is 0.0212. The van der Waals surface area contributed by atoms with Crippen LogP contribution in [0.4, 0.5) is 21.5 Å². The van der Waals surface area contributed by atoms with Gasteiger partial charge in [-0.2, -0.15) is 0 Å². The third-order valence-electron chi connectivity index (χ3n) is 16.9. The van der Waals surface area contributed by atoms with Crippen LogP contribution in [0.2, 0.25) is 0 Å². The first-order chi connectivity index (χ1) is 36.5. The minimum atomic E-state index is -4.64. The molecule has 2 aliphatic heterocycles. The van der Waals surface area contributed by atoms with Crippen molar-refractivity contribution in [2.75, 3.05) is 62.3 Å². The van der Waals surface area contributed by atoms with Gasteiger partial charge in [0, 0.05) is 75.5 Å². The van der Waals surface area contributed by atoms with Crippen molar-refractivity contribution in [3.8, 4) is 17.2 Å². The smallest absolute Gasteiger partial charge is 0.268 e. The number of benzene rings is 4. The number of carbonyl (C=O) groups is 1. The Bertz CT molecular complexity index is 3350. The number of piperidine rings is 1. The zero-order valence-electron chi connectivity index (χ0n) is 43.7. The SMILES string of the molecule is COc1ccc(CN2CCN(C3CC4(CCN(c5cc(Oc6cnc7[nH]ccc7c6)c(C(=O)NS(=O)(=O)c6cc(N)c(NC[C@H]7CC[C@](C)(O)CC7)c7[nH]cnc67)cc5F)CC4)C3)[C@H](c3ccccc3C(C)C)C2)cc1. The molecule has 1 amide bonds. The Labute approximate surface area is 443 Å². The molecular weight excluding hydrogens is 984 g/mol. The molecule has 400 valence electrons. The van der Waals surface area contributed by atoms with Gasteiger partial charge in [0.2, 0.25) is 0 Å². The number of nitrogen functional groups attached to an aromatic ring is 1. The Morgan fingerprint density at radius 1 is 0.947 bits per heavy atom. The van der Waals surface area contributed by atoms with Crippen molar-refractivity contribution in [2.24, 2.45) is 11.3 Å². The van der Waals surface area contributed by atoms with Gasteiger partial charge in [-0.15, -0.1) is 0 Å². The summed E-state index contributed by atoms with van der Waals surface area (Å²) >= 11 is 0. The molecule has 1 atom stereocenters. The minimum Gasteiger partial charge on any atom is -0.497 e. The van der Waals surface area contributed by atoms with Gasteiger partial charge in [-0.25, -0.2) is 27.5 Å². The first-order valence-corrected chi connectivity index (χ1v) is 28.2. The van der Waals surface area contributed by atoms with Crippen molar-refractivity contribution < 1.29 is 32.2 Å². The first kappa shape index (κ1) is 51.4. The number of anilines is 3. The summed E-state index contributed by atoms with van der Waals surface area (Å²) in [4.78, 5) is 36.2. The van der Waals surface area contributed by atoms with Crippen molar-refractivity contribution in [3.63, 3.8) is 0 Å². The number of aliphatic hydroxyl groups is 1. The van der Waals surface area contributed by atoms with Crippen molar-refractivity contribution >= 4 is 55.1 Å². The second kappa shape index (κ2) is 20.7. The van der Waals surface area contributed by atoms with Crippen LogP contribution in [0.15, 0.2) is 102 Å². The Morgan fingerprint density at radius 2 is 1.71 bits per heavy atom. The lowest BCUT2D eigenvalue weighted by molar-refractivity contribution is -0.0628. The number of nitrogens with two attached hydrogens (primary N) is 1. The quantitative estimate of drug-likeness (QED) is 0.0530. The van der Waals surface area contributed by atoms with Gasteiger partial charge < -0.3 is 40.5 Å². The highest BCUT2D eigenvalue weighted by atomic mass is 32.2. The molecule has 11 rings (SSSR count). The van der Waals surface area contributed by atoms with E-state index in [4.69, 9.17) is 15.2 Å². The number of piperazine rings is 1. The fraction of sp³-hybridized carbons (Fsp3) is 0.431. The molecule has 5 heterocycles.